The minimum atomic E-state index is -1.69. The summed E-state index contributed by atoms with van der Waals surface area (Å²) >= 11 is 0. The van der Waals surface area contributed by atoms with Gasteiger partial charge in [-0.15, -0.1) is 0 Å². The first-order valence-corrected chi connectivity index (χ1v) is 11.1. The quantitative estimate of drug-likeness (QED) is 0.476. The largest absolute Gasteiger partial charge is 0.478 e. The summed E-state index contributed by atoms with van der Waals surface area (Å²) < 4.78 is 29.3. The van der Waals surface area contributed by atoms with E-state index >= 15 is 0 Å². The highest BCUT2D eigenvalue weighted by molar-refractivity contribution is 8.76. The zero-order chi connectivity index (χ0) is 21.7. The van der Waals surface area contributed by atoms with E-state index in [2.05, 4.69) is 15.1 Å². The Morgan fingerprint density at radius 3 is 2.70 bits per heavy atom. The zero-order valence-electron chi connectivity index (χ0n) is 15.8. The second-order valence-electron chi connectivity index (χ2n) is 6.49. The molecule has 0 bridgehead atoms. The van der Waals surface area contributed by atoms with Crippen LogP contribution in [0.4, 0.5) is 8.78 Å². The molecular formula is C19H18F2N4O3S2. The number of aliphatic hydroxyl groups is 1. The van der Waals surface area contributed by atoms with E-state index in [1.54, 1.807) is 13.0 Å². The lowest BCUT2D eigenvalue weighted by molar-refractivity contribution is 0.0137. The molecule has 2 aromatic heterocycles. The molecule has 0 fully saturated rings. The fourth-order valence-corrected chi connectivity index (χ4v) is 5.33. The molecule has 7 nitrogen and oxygen atoms in total. The third-order valence-corrected chi connectivity index (χ3v) is 7.29. The van der Waals surface area contributed by atoms with Crippen molar-refractivity contribution >= 4 is 27.6 Å². The Hall–Kier alpha value is -2.50. The molecule has 0 saturated carbocycles. The van der Waals surface area contributed by atoms with Crippen LogP contribution in [0.25, 0.3) is 0 Å². The molecule has 0 unspecified atom stereocenters. The zero-order valence-corrected chi connectivity index (χ0v) is 17.4. The van der Waals surface area contributed by atoms with E-state index in [9.17, 15) is 18.7 Å². The van der Waals surface area contributed by atoms with Crippen LogP contribution in [0, 0.1) is 11.6 Å². The molecule has 0 amide bonds. The van der Waals surface area contributed by atoms with Crippen molar-refractivity contribution in [3.8, 4) is 0 Å². The van der Waals surface area contributed by atoms with Gasteiger partial charge in [-0.1, -0.05) is 27.7 Å². The number of aromatic carboxylic acids is 1. The second kappa shape index (κ2) is 9.54. The number of benzene rings is 1. The Morgan fingerprint density at radius 1 is 1.30 bits per heavy atom. The summed E-state index contributed by atoms with van der Waals surface area (Å²) in [6.45, 7) is 1.66. The van der Waals surface area contributed by atoms with Crippen LogP contribution in [0.5, 0.6) is 0 Å². The number of hydrogen-bond acceptors (Lipinski definition) is 7. The van der Waals surface area contributed by atoms with Crippen molar-refractivity contribution < 1.29 is 23.8 Å². The molecular weight excluding hydrogens is 434 g/mol. The lowest BCUT2D eigenvalue weighted by Gasteiger charge is -2.34. The third kappa shape index (κ3) is 5.15. The van der Waals surface area contributed by atoms with Crippen LogP contribution < -0.4 is 0 Å². The number of rotatable bonds is 9. The molecule has 2 atom stereocenters. The molecule has 11 heteroatoms. The maximum atomic E-state index is 14.5. The maximum Gasteiger partial charge on any atom is 0.337 e. The highest BCUT2D eigenvalue weighted by Gasteiger charge is 2.39. The van der Waals surface area contributed by atoms with Gasteiger partial charge in [0.15, 0.2) is 0 Å². The number of hydrogen-bond donors (Lipinski definition) is 2. The lowest BCUT2D eigenvalue weighted by atomic mass is 9.90. The average Bonchev–Trinajstić information content (AvgIpc) is 3.20. The summed E-state index contributed by atoms with van der Waals surface area (Å²) in [5.41, 5.74) is -0.968. The normalized spacial score (nSPS) is 14.3. The Balaban J connectivity index is 1.74. The standard InChI is InChI=1S/C19H18F2N4O3S2/c1-12(30-29-8-15-4-2-13(7-23-15)18(26)27)19(28,9-25-11-22-10-24-25)16-5-3-14(20)6-17(16)21/h2-7,10-12,28H,8-9H2,1H3,(H,26,27)/t12-,19-/m1/s1. The van der Waals surface area contributed by atoms with Crippen LogP contribution in [-0.2, 0) is 17.9 Å². The van der Waals surface area contributed by atoms with Gasteiger partial charge < -0.3 is 10.2 Å². The van der Waals surface area contributed by atoms with E-state index in [1.807, 2.05) is 0 Å². The summed E-state index contributed by atoms with van der Waals surface area (Å²) in [5, 5.41) is 23.8. The topological polar surface area (TPSA) is 101 Å². The van der Waals surface area contributed by atoms with Crippen LogP contribution in [0.2, 0.25) is 0 Å². The first-order valence-electron chi connectivity index (χ1n) is 8.76. The van der Waals surface area contributed by atoms with Crippen molar-refractivity contribution in [2.45, 2.75) is 30.1 Å². The molecule has 0 spiro atoms. The summed E-state index contributed by atoms with van der Waals surface area (Å²) in [4.78, 5) is 18.8. The van der Waals surface area contributed by atoms with Gasteiger partial charge >= 0.3 is 5.97 Å². The van der Waals surface area contributed by atoms with Crippen molar-refractivity contribution in [3.05, 3.63) is 77.6 Å². The molecule has 30 heavy (non-hydrogen) atoms. The number of nitrogens with zero attached hydrogens (tertiary/aromatic N) is 4. The van der Waals surface area contributed by atoms with Gasteiger partial charge in [-0.05, 0) is 25.1 Å². The Bertz CT molecular complexity index is 1010. The van der Waals surface area contributed by atoms with Gasteiger partial charge in [0, 0.05) is 28.8 Å². The summed E-state index contributed by atoms with van der Waals surface area (Å²) in [6.07, 6.45) is 3.99. The molecule has 2 N–H and O–H groups in total. The van der Waals surface area contributed by atoms with Crippen LogP contribution in [-0.4, -0.2) is 41.2 Å². The SMILES string of the molecule is C[C@@H](SSCc1ccc(C(=O)O)cn1)[C@](O)(Cn1cncn1)c1ccc(F)cc1F. The van der Waals surface area contributed by atoms with Crippen molar-refractivity contribution in [3.63, 3.8) is 0 Å². The first kappa shape index (κ1) is 22.2. The predicted molar refractivity (Wildman–Crippen MR) is 110 cm³/mol. The summed E-state index contributed by atoms with van der Waals surface area (Å²) in [6, 6.07) is 6.15. The number of carboxylic acids is 1. The molecule has 3 aromatic rings. The molecule has 3 rings (SSSR count). The first-order chi connectivity index (χ1) is 14.3. The molecule has 0 aliphatic carbocycles. The van der Waals surface area contributed by atoms with Crippen molar-refractivity contribution in [1.29, 1.82) is 0 Å². The van der Waals surface area contributed by atoms with Crippen molar-refractivity contribution in [2.75, 3.05) is 0 Å². The molecule has 0 radical (unpaired) electrons. The summed E-state index contributed by atoms with van der Waals surface area (Å²) in [7, 11) is 2.68. The molecule has 158 valence electrons. The molecule has 2 heterocycles. The molecule has 0 aliphatic rings. The van der Waals surface area contributed by atoms with Gasteiger partial charge in [0.2, 0.25) is 0 Å². The smallest absolute Gasteiger partial charge is 0.337 e. The molecule has 0 aliphatic heterocycles. The fourth-order valence-electron chi connectivity index (χ4n) is 2.75. The van der Waals surface area contributed by atoms with Crippen LogP contribution in [0.1, 0.15) is 28.5 Å². The van der Waals surface area contributed by atoms with Crippen LogP contribution in [0.15, 0.2) is 49.2 Å². The van der Waals surface area contributed by atoms with E-state index in [0.717, 1.165) is 12.1 Å². The Labute approximate surface area is 179 Å². The van der Waals surface area contributed by atoms with Gasteiger partial charge in [-0.2, -0.15) is 5.10 Å². The number of carboxylic acid groups (broad SMARTS) is 1. The van der Waals surface area contributed by atoms with Crippen molar-refractivity contribution in [2.24, 2.45) is 0 Å². The minimum Gasteiger partial charge on any atom is -0.478 e. The van der Waals surface area contributed by atoms with E-state index in [1.165, 1.54) is 57.3 Å². The molecule has 1 aromatic carbocycles. The Kier molecular flexibility index (Phi) is 7.06. The van der Waals surface area contributed by atoms with E-state index < -0.39 is 28.5 Å². The highest BCUT2D eigenvalue weighted by atomic mass is 33.1. The lowest BCUT2D eigenvalue weighted by Crippen LogP contribution is -2.41. The third-order valence-electron chi connectivity index (χ3n) is 4.43. The van der Waals surface area contributed by atoms with E-state index in [0.29, 0.717) is 11.4 Å². The van der Waals surface area contributed by atoms with Gasteiger partial charge in [-0.25, -0.2) is 23.2 Å². The summed E-state index contributed by atoms with van der Waals surface area (Å²) in [5.74, 6) is -2.18. The number of halogens is 2. The predicted octanol–water partition coefficient (Wildman–Crippen LogP) is 3.51. The number of pyridine rings is 1. The minimum absolute atomic E-state index is 0.0380. The van der Waals surface area contributed by atoms with Gasteiger partial charge in [-0.3, -0.25) is 4.98 Å². The maximum absolute atomic E-state index is 14.5. The monoisotopic (exact) mass is 452 g/mol. The fraction of sp³-hybridized carbons (Fsp3) is 0.263. The number of aromatic nitrogens is 4. The van der Waals surface area contributed by atoms with Gasteiger partial charge in [0.05, 0.1) is 17.8 Å². The molecule has 0 saturated heterocycles. The Morgan fingerprint density at radius 2 is 2.10 bits per heavy atom. The van der Waals surface area contributed by atoms with E-state index in [4.69, 9.17) is 5.11 Å². The average molecular weight is 453 g/mol. The van der Waals surface area contributed by atoms with Crippen LogP contribution in [0.3, 0.4) is 0 Å². The highest BCUT2D eigenvalue weighted by Crippen LogP contribution is 2.41. The van der Waals surface area contributed by atoms with E-state index in [-0.39, 0.29) is 17.7 Å². The number of carbonyl (C=O) groups is 1. The van der Waals surface area contributed by atoms with Gasteiger partial charge in [0.1, 0.15) is 29.9 Å². The van der Waals surface area contributed by atoms with Crippen molar-refractivity contribution in [1.82, 2.24) is 19.7 Å². The van der Waals surface area contributed by atoms with Gasteiger partial charge in [0.25, 0.3) is 0 Å². The second-order valence-corrected chi connectivity index (χ2v) is 9.19. The van der Waals surface area contributed by atoms with Crippen LogP contribution >= 0.6 is 21.6 Å².